The number of carbonyl (C=O) groups is 1. The second kappa shape index (κ2) is 11.6. The first-order valence-electron chi connectivity index (χ1n) is 13.6. The molecule has 3 aromatic rings. The molecule has 3 aromatic carbocycles. The zero-order valence-electron chi connectivity index (χ0n) is 25.5. The first kappa shape index (κ1) is 30.0. The number of hydrogen-bond donors (Lipinski definition) is 1. The molecule has 5 rings (SSSR count). The van der Waals surface area contributed by atoms with Crippen LogP contribution in [0.5, 0.6) is 46.0 Å². The van der Waals surface area contributed by atoms with Crippen LogP contribution in [0, 0.1) is 5.92 Å². The van der Waals surface area contributed by atoms with Crippen LogP contribution in [-0.4, -0.2) is 66.1 Å². The van der Waals surface area contributed by atoms with Gasteiger partial charge in [0, 0.05) is 22.8 Å². The molecule has 1 aliphatic heterocycles. The first-order valence-corrected chi connectivity index (χ1v) is 13.6. The van der Waals surface area contributed by atoms with Crippen molar-refractivity contribution in [2.45, 2.75) is 32.0 Å². The fraction of sp³-hybridized carbons (Fsp3) is 0.406. The Morgan fingerprint density at radius 2 is 1.47 bits per heavy atom. The Morgan fingerprint density at radius 1 is 0.814 bits per heavy atom. The Labute approximate surface area is 250 Å². The number of ether oxygens (including phenoxy) is 9. The summed E-state index contributed by atoms with van der Waals surface area (Å²) in [5.74, 6) is 1.98. The highest BCUT2D eigenvalue weighted by atomic mass is 16.7. The van der Waals surface area contributed by atoms with Crippen molar-refractivity contribution >= 4 is 5.97 Å². The molecule has 0 spiro atoms. The van der Waals surface area contributed by atoms with E-state index in [2.05, 4.69) is 0 Å². The third-order valence-corrected chi connectivity index (χ3v) is 8.16. The van der Waals surface area contributed by atoms with Gasteiger partial charge in [0.05, 0.1) is 48.2 Å². The summed E-state index contributed by atoms with van der Waals surface area (Å²) in [6, 6.07) is 8.29. The SMILES string of the molecule is COc1cc(OC)cc(C(=O)O[C@H]2c3cc(OC)c(OC)c(OC)c3-c3c(cc4c(c3OC)OCO4)C[C@H](C)[C@]2(C)O)c1. The zero-order chi connectivity index (χ0) is 31.1. The molecule has 2 aliphatic rings. The summed E-state index contributed by atoms with van der Waals surface area (Å²) in [7, 11) is 9.01. The number of rotatable bonds is 8. The highest BCUT2D eigenvalue weighted by molar-refractivity contribution is 5.92. The lowest BCUT2D eigenvalue weighted by Gasteiger charge is -2.41. The Balaban J connectivity index is 1.82. The lowest BCUT2D eigenvalue weighted by atomic mass is 9.73. The van der Waals surface area contributed by atoms with Crippen LogP contribution in [0.25, 0.3) is 11.1 Å². The molecule has 11 heteroatoms. The number of benzene rings is 3. The van der Waals surface area contributed by atoms with Crippen LogP contribution >= 0.6 is 0 Å². The highest BCUT2D eigenvalue weighted by Gasteiger charge is 2.47. The summed E-state index contributed by atoms with van der Waals surface area (Å²) >= 11 is 0. The number of aliphatic hydroxyl groups is 1. The summed E-state index contributed by atoms with van der Waals surface area (Å²) < 4.78 is 51.8. The second-order valence-corrected chi connectivity index (χ2v) is 10.5. The quantitative estimate of drug-likeness (QED) is 0.355. The predicted octanol–water partition coefficient (Wildman–Crippen LogP) is 4.98. The van der Waals surface area contributed by atoms with Crippen LogP contribution in [-0.2, 0) is 11.2 Å². The molecule has 0 fully saturated rings. The molecule has 0 bridgehead atoms. The van der Waals surface area contributed by atoms with Gasteiger partial charge in [0.2, 0.25) is 18.3 Å². The molecule has 0 amide bonds. The smallest absolute Gasteiger partial charge is 0.339 e. The van der Waals surface area contributed by atoms with Crippen LogP contribution in [0.2, 0.25) is 0 Å². The Morgan fingerprint density at radius 3 is 2.05 bits per heavy atom. The Bertz CT molecular complexity index is 1520. The summed E-state index contributed by atoms with van der Waals surface area (Å²) in [5, 5.41) is 12.2. The molecule has 230 valence electrons. The average Bonchev–Trinajstić information content (AvgIpc) is 3.49. The number of fused-ring (bicyclic) bond motifs is 4. The molecule has 3 atom stereocenters. The van der Waals surface area contributed by atoms with Crippen LogP contribution in [0.4, 0.5) is 0 Å². The number of hydrogen-bond acceptors (Lipinski definition) is 11. The van der Waals surface area contributed by atoms with E-state index < -0.39 is 23.6 Å². The van der Waals surface area contributed by atoms with Crippen molar-refractivity contribution in [2.24, 2.45) is 5.92 Å². The van der Waals surface area contributed by atoms with Gasteiger partial charge in [-0.1, -0.05) is 6.92 Å². The van der Waals surface area contributed by atoms with E-state index in [9.17, 15) is 9.90 Å². The standard InChI is InChI=1S/C32H36O11/c1-16-9-17-12-23-27(42-15-41-23)28(39-7)24(17)25-21(14-22(37-5)26(38-6)29(25)40-8)30(32(16,2)34)43-31(33)18-10-19(35-3)13-20(11-18)36-4/h10-14,16,30,34H,9,15H2,1-8H3/t16-,30-,32-/m0/s1. The van der Waals surface area contributed by atoms with Crippen molar-refractivity contribution in [3.05, 3.63) is 47.0 Å². The molecule has 0 unspecified atom stereocenters. The third kappa shape index (κ3) is 4.97. The molecule has 1 N–H and O–H groups in total. The summed E-state index contributed by atoms with van der Waals surface area (Å²) in [5.41, 5.74) is 0.927. The number of carbonyl (C=O) groups excluding carboxylic acids is 1. The van der Waals surface area contributed by atoms with Gasteiger partial charge in [0.25, 0.3) is 0 Å². The van der Waals surface area contributed by atoms with Gasteiger partial charge >= 0.3 is 5.97 Å². The maximum absolute atomic E-state index is 13.8. The molecule has 1 heterocycles. The topological polar surface area (TPSA) is 120 Å². The molecule has 1 aliphatic carbocycles. The Hall–Kier alpha value is -4.51. The fourth-order valence-corrected chi connectivity index (χ4v) is 5.73. The monoisotopic (exact) mass is 596 g/mol. The number of esters is 1. The lowest BCUT2D eigenvalue weighted by Crippen LogP contribution is -2.43. The van der Waals surface area contributed by atoms with E-state index in [0.29, 0.717) is 69.1 Å². The van der Waals surface area contributed by atoms with Gasteiger partial charge in [-0.05, 0) is 49.1 Å². The molecule has 11 nitrogen and oxygen atoms in total. The van der Waals surface area contributed by atoms with E-state index in [0.717, 1.165) is 5.56 Å². The normalized spacial score (nSPS) is 20.1. The summed E-state index contributed by atoms with van der Waals surface area (Å²) in [4.78, 5) is 13.8. The van der Waals surface area contributed by atoms with Crippen LogP contribution in [0.3, 0.4) is 0 Å². The molecular weight excluding hydrogens is 560 g/mol. The average molecular weight is 597 g/mol. The zero-order valence-corrected chi connectivity index (χ0v) is 25.5. The maximum atomic E-state index is 13.8. The number of methoxy groups -OCH3 is 6. The van der Waals surface area contributed by atoms with Crippen LogP contribution in [0.15, 0.2) is 30.3 Å². The molecule has 43 heavy (non-hydrogen) atoms. The van der Waals surface area contributed by atoms with Crippen molar-refractivity contribution in [3.63, 3.8) is 0 Å². The van der Waals surface area contributed by atoms with Crippen molar-refractivity contribution in [1.29, 1.82) is 0 Å². The third-order valence-electron chi connectivity index (χ3n) is 8.16. The van der Waals surface area contributed by atoms with Crippen molar-refractivity contribution in [1.82, 2.24) is 0 Å². The second-order valence-electron chi connectivity index (χ2n) is 10.5. The van der Waals surface area contributed by atoms with E-state index >= 15 is 0 Å². The fourth-order valence-electron chi connectivity index (χ4n) is 5.73. The van der Waals surface area contributed by atoms with Crippen molar-refractivity contribution in [2.75, 3.05) is 49.5 Å². The van der Waals surface area contributed by atoms with Gasteiger partial charge in [-0.2, -0.15) is 0 Å². The van der Waals surface area contributed by atoms with E-state index in [-0.39, 0.29) is 12.4 Å². The van der Waals surface area contributed by atoms with Gasteiger partial charge in [-0.15, -0.1) is 0 Å². The summed E-state index contributed by atoms with van der Waals surface area (Å²) in [6.45, 7) is 3.56. The van der Waals surface area contributed by atoms with Crippen molar-refractivity contribution in [3.8, 4) is 57.1 Å². The van der Waals surface area contributed by atoms with E-state index in [4.69, 9.17) is 42.6 Å². The van der Waals surface area contributed by atoms with E-state index in [1.165, 1.54) is 42.7 Å². The Kier molecular flexibility index (Phi) is 8.11. The predicted molar refractivity (Wildman–Crippen MR) is 155 cm³/mol. The van der Waals surface area contributed by atoms with Gasteiger partial charge in [0.1, 0.15) is 17.1 Å². The highest BCUT2D eigenvalue weighted by Crippen LogP contribution is 2.59. The van der Waals surface area contributed by atoms with Crippen LogP contribution < -0.4 is 37.9 Å². The largest absolute Gasteiger partial charge is 0.497 e. The van der Waals surface area contributed by atoms with E-state index in [1.807, 2.05) is 13.0 Å². The molecule has 0 radical (unpaired) electrons. The van der Waals surface area contributed by atoms with Crippen molar-refractivity contribution < 1.29 is 52.5 Å². The minimum Gasteiger partial charge on any atom is -0.497 e. The molecule has 0 aromatic heterocycles. The summed E-state index contributed by atoms with van der Waals surface area (Å²) in [6.07, 6.45) is -0.841. The van der Waals surface area contributed by atoms with Gasteiger partial charge in [0.15, 0.2) is 29.1 Å². The van der Waals surface area contributed by atoms with E-state index in [1.54, 1.807) is 31.2 Å². The van der Waals surface area contributed by atoms with Gasteiger partial charge in [-0.25, -0.2) is 4.79 Å². The molecular formula is C32H36O11. The molecule has 0 saturated heterocycles. The minimum absolute atomic E-state index is 0.0298. The minimum atomic E-state index is -1.58. The van der Waals surface area contributed by atoms with Gasteiger partial charge in [-0.3, -0.25) is 0 Å². The van der Waals surface area contributed by atoms with Gasteiger partial charge < -0.3 is 47.7 Å². The first-order chi connectivity index (χ1) is 20.6. The van der Waals surface area contributed by atoms with Crippen LogP contribution in [0.1, 0.15) is 41.4 Å². The molecule has 0 saturated carbocycles. The lowest BCUT2D eigenvalue weighted by molar-refractivity contribution is -0.107. The maximum Gasteiger partial charge on any atom is 0.339 e.